The topological polar surface area (TPSA) is 46.5 Å². The molecular weight excluding hydrogens is 272 g/mol. The molecule has 2 atom stereocenters. The smallest absolute Gasteiger partial charge is 0.314 e. The summed E-state index contributed by atoms with van der Waals surface area (Å²) in [6.45, 7) is 2.20. The van der Waals surface area contributed by atoms with E-state index >= 15 is 0 Å². The van der Waals surface area contributed by atoms with Crippen LogP contribution >= 0.6 is 15.9 Å². The third-order valence-electron chi connectivity index (χ3n) is 3.43. The summed E-state index contributed by atoms with van der Waals surface area (Å²) in [5, 5.41) is 11.0. The maximum absolute atomic E-state index is 12.0. The van der Waals surface area contributed by atoms with E-state index in [2.05, 4.69) is 15.9 Å². The minimum absolute atomic E-state index is 0.205. The highest BCUT2D eigenvalue weighted by Crippen LogP contribution is 2.41. The Labute approximate surface area is 106 Å². The van der Waals surface area contributed by atoms with Gasteiger partial charge in [0.1, 0.15) is 0 Å². The number of ether oxygens (including phenoxy) is 1. The first-order chi connectivity index (χ1) is 7.67. The molecule has 0 spiro atoms. The van der Waals surface area contributed by atoms with Crippen LogP contribution in [0, 0.1) is 5.41 Å². The van der Waals surface area contributed by atoms with Crippen molar-refractivity contribution < 1.29 is 14.6 Å². The lowest BCUT2D eigenvalue weighted by molar-refractivity contribution is -0.167. The third kappa shape index (κ3) is 2.98. The van der Waals surface area contributed by atoms with Crippen LogP contribution in [-0.4, -0.2) is 29.1 Å². The van der Waals surface area contributed by atoms with Gasteiger partial charge in [-0.15, -0.1) is 0 Å². The molecule has 0 bridgehead atoms. The van der Waals surface area contributed by atoms with E-state index in [1.54, 1.807) is 0 Å². The van der Waals surface area contributed by atoms with Crippen LogP contribution in [-0.2, 0) is 9.53 Å². The summed E-state index contributed by atoms with van der Waals surface area (Å²) in [4.78, 5) is 12.0. The number of carbonyl (C=O) groups excluding carboxylic acids is 1. The SMILES string of the molecule is CCOC(=O)[C@@]1(CCCBr)CCCC[C@@H]1O. The van der Waals surface area contributed by atoms with Gasteiger partial charge in [-0.2, -0.15) is 0 Å². The van der Waals surface area contributed by atoms with Crippen LogP contribution in [0.4, 0.5) is 0 Å². The molecule has 1 aliphatic carbocycles. The number of alkyl halides is 1. The predicted molar refractivity (Wildman–Crippen MR) is 66.6 cm³/mol. The number of hydrogen-bond donors (Lipinski definition) is 1. The predicted octanol–water partition coefficient (Wildman–Crippen LogP) is 2.65. The third-order valence-corrected chi connectivity index (χ3v) is 3.99. The number of rotatable bonds is 5. The number of halogens is 1. The first kappa shape index (κ1) is 14.0. The molecule has 0 heterocycles. The lowest BCUT2D eigenvalue weighted by Gasteiger charge is -2.39. The van der Waals surface area contributed by atoms with Gasteiger partial charge in [0.15, 0.2) is 0 Å². The van der Waals surface area contributed by atoms with Crippen molar-refractivity contribution in [2.45, 2.75) is 51.6 Å². The van der Waals surface area contributed by atoms with E-state index < -0.39 is 11.5 Å². The molecule has 0 unspecified atom stereocenters. The molecule has 0 aromatic heterocycles. The molecule has 1 fully saturated rings. The first-order valence-electron chi connectivity index (χ1n) is 6.08. The second-order valence-corrected chi connectivity index (χ2v) is 5.22. The van der Waals surface area contributed by atoms with E-state index in [-0.39, 0.29) is 5.97 Å². The molecule has 0 aliphatic heterocycles. The maximum Gasteiger partial charge on any atom is 0.314 e. The van der Waals surface area contributed by atoms with E-state index in [0.717, 1.165) is 43.9 Å². The van der Waals surface area contributed by atoms with Crippen molar-refractivity contribution in [2.24, 2.45) is 5.41 Å². The Morgan fingerprint density at radius 1 is 1.56 bits per heavy atom. The Balaban J connectivity index is 2.76. The lowest BCUT2D eigenvalue weighted by atomic mass is 9.69. The summed E-state index contributed by atoms with van der Waals surface area (Å²) < 4.78 is 5.14. The molecule has 1 aliphatic rings. The van der Waals surface area contributed by atoms with Crippen LogP contribution in [0.3, 0.4) is 0 Å². The Hall–Kier alpha value is -0.0900. The number of carbonyl (C=O) groups is 1. The van der Waals surface area contributed by atoms with Crippen LogP contribution in [0.2, 0.25) is 0 Å². The molecule has 0 aromatic rings. The second-order valence-electron chi connectivity index (χ2n) is 4.43. The van der Waals surface area contributed by atoms with Crippen molar-refractivity contribution in [1.82, 2.24) is 0 Å². The van der Waals surface area contributed by atoms with Crippen molar-refractivity contribution in [2.75, 3.05) is 11.9 Å². The zero-order chi connectivity index (χ0) is 12.0. The standard InChI is InChI=1S/C12H21BrO3/c1-2-16-11(15)12(8-5-9-13)7-4-3-6-10(12)14/h10,14H,2-9H2,1H3/t10-,12+/m0/s1. The average molecular weight is 293 g/mol. The summed E-state index contributed by atoms with van der Waals surface area (Å²) >= 11 is 3.37. The normalized spacial score (nSPS) is 30.1. The summed E-state index contributed by atoms with van der Waals surface area (Å²) in [6, 6.07) is 0. The van der Waals surface area contributed by atoms with Crippen LogP contribution in [0.15, 0.2) is 0 Å². The molecule has 1 N–H and O–H groups in total. The van der Waals surface area contributed by atoms with Gasteiger partial charge in [-0.25, -0.2) is 0 Å². The van der Waals surface area contributed by atoms with E-state index in [9.17, 15) is 9.90 Å². The maximum atomic E-state index is 12.0. The van der Waals surface area contributed by atoms with Crippen molar-refractivity contribution in [3.8, 4) is 0 Å². The van der Waals surface area contributed by atoms with Gasteiger partial charge in [-0.3, -0.25) is 4.79 Å². The van der Waals surface area contributed by atoms with Gasteiger partial charge in [-0.05, 0) is 32.6 Å². The highest BCUT2D eigenvalue weighted by atomic mass is 79.9. The van der Waals surface area contributed by atoms with Crippen molar-refractivity contribution in [1.29, 1.82) is 0 Å². The minimum Gasteiger partial charge on any atom is -0.465 e. The highest BCUT2D eigenvalue weighted by Gasteiger charge is 2.46. The molecule has 3 nitrogen and oxygen atoms in total. The average Bonchev–Trinajstić information content (AvgIpc) is 2.28. The molecule has 0 radical (unpaired) electrons. The minimum atomic E-state index is -0.637. The quantitative estimate of drug-likeness (QED) is 0.626. The van der Waals surface area contributed by atoms with Crippen molar-refractivity contribution >= 4 is 21.9 Å². The largest absolute Gasteiger partial charge is 0.465 e. The second kappa shape index (κ2) is 6.60. The monoisotopic (exact) mass is 292 g/mol. The highest BCUT2D eigenvalue weighted by molar-refractivity contribution is 9.09. The number of esters is 1. The van der Waals surface area contributed by atoms with E-state index in [1.807, 2.05) is 6.92 Å². The first-order valence-corrected chi connectivity index (χ1v) is 7.20. The zero-order valence-corrected chi connectivity index (χ0v) is 11.5. The fourth-order valence-electron chi connectivity index (χ4n) is 2.51. The molecule has 1 saturated carbocycles. The van der Waals surface area contributed by atoms with Crippen LogP contribution in [0.25, 0.3) is 0 Å². The van der Waals surface area contributed by atoms with Gasteiger partial charge in [0.25, 0.3) is 0 Å². The zero-order valence-electron chi connectivity index (χ0n) is 9.88. The number of aliphatic hydroxyl groups is 1. The van der Waals surface area contributed by atoms with Gasteiger partial charge < -0.3 is 9.84 Å². The van der Waals surface area contributed by atoms with Gasteiger partial charge in [0, 0.05) is 5.33 Å². The molecule has 0 amide bonds. The molecule has 94 valence electrons. The molecule has 16 heavy (non-hydrogen) atoms. The van der Waals surface area contributed by atoms with Crippen LogP contribution in [0.1, 0.15) is 45.4 Å². The summed E-state index contributed by atoms with van der Waals surface area (Å²) in [6.07, 6.45) is 4.60. The lowest BCUT2D eigenvalue weighted by Crippen LogP contribution is -2.46. The fraction of sp³-hybridized carbons (Fsp3) is 0.917. The van der Waals surface area contributed by atoms with E-state index in [1.165, 1.54) is 0 Å². The molecular formula is C12H21BrO3. The van der Waals surface area contributed by atoms with E-state index in [0.29, 0.717) is 6.61 Å². The van der Waals surface area contributed by atoms with Crippen molar-refractivity contribution in [3.63, 3.8) is 0 Å². The van der Waals surface area contributed by atoms with E-state index in [4.69, 9.17) is 4.74 Å². The number of hydrogen-bond acceptors (Lipinski definition) is 3. The molecule has 1 rings (SSSR count). The Morgan fingerprint density at radius 2 is 2.31 bits per heavy atom. The van der Waals surface area contributed by atoms with Gasteiger partial charge in [0.2, 0.25) is 0 Å². The van der Waals surface area contributed by atoms with Gasteiger partial charge in [-0.1, -0.05) is 28.8 Å². The number of aliphatic hydroxyl groups excluding tert-OH is 1. The summed E-state index contributed by atoms with van der Waals surface area (Å²) in [7, 11) is 0. The van der Waals surface area contributed by atoms with Crippen LogP contribution in [0.5, 0.6) is 0 Å². The Bertz CT molecular complexity index is 232. The van der Waals surface area contributed by atoms with Crippen molar-refractivity contribution in [3.05, 3.63) is 0 Å². The van der Waals surface area contributed by atoms with Crippen LogP contribution < -0.4 is 0 Å². The fourth-order valence-corrected chi connectivity index (χ4v) is 2.79. The summed E-state index contributed by atoms with van der Waals surface area (Å²) in [5.41, 5.74) is -0.637. The molecule has 0 aromatic carbocycles. The van der Waals surface area contributed by atoms with Gasteiger partial charge >= 0.3 is 5.97 Å². The molecule has 0 saturated heterocycles. The summed E-state index contributed by atoms with van der Waals surface area (Å²) in [5.74, 6) is -0.205. The Morgan fingerprint density at radius 3 is 2.88 bits per heavy atom. The van der Waals surface area contributed by atoms with Gasteiger partial charge in [0.05, 0.1) is 18.1 Å². The molecule has 4 heteroatoms. The Kier molecular flexibility index (Phi) is 5.76.